The predicted molar refractivity (Wildman–Crippen MR) is 73.8 cm³/mol. The molecule has 0 N–H and O–H groups in total. The van der Waals surface area contributed by atoms with E-state index >= 15 is 0 Å². The summed E-state index contributed by atoms with van der Waals surface area (Å²) in [4.78, 5) is 0.216. The van der Waals surface area contributed by atoms with Gasteiger partial charge in [0.25, 0.3) is 10.1 Å². The predicted octanol–water partition coefficient (Wildman–Crippen LogP) is 3.73. The Bertz CT molecular complexity index is 520. The molecule has 0 aliphatic heterocycles. The molecule has 18 heavy (non-hydrogen) atoms. The van der Waals surface area contributed by atoms with E-state index in [0.717, 1.165) is 23.7 Å². The van der Waals surface area contributed by atoms with E-state index < -0.39 is 10.1 Å². The van der Waals surface area contributed by atoms with Crippen molar-refractivity contribution >= 4 is 26.0 Å². The first kappa shape index (κ1) is 14.0. The van der Waals surface area contributed by atoms with Crippen LogP contribution in [0.15, 0.2) is 33.6 Å². The fraction of sp³-hybridized carbons (Fsp3) is 0.538. The maximum absolute atomic E-state index is 12.1. The van der Waals surface area contributed by atoms with Gasteiger partial charge in [0, 0.05) is 4.47 Å². The zero-order valence-corrected chi connectivity index (χ0v) is 12.9. The standard InChI is InChI=1S/C13H17BrO3S/c1-13(2)9-3-4-12(13)17-18(15,16)11-7-5-10(14)6-8-11/h5-8,12H,3-4,9H2,1-2H3. The van der Waals surface area contributed by atoms with Gasteiger partial charge in [0.15, 0.2) is 0 Å². The molecule has 5 heteroatoms. The Morgan fingerprint density at radius 3 is 2.39 bits per heavy atom. The number of hydrogen-bond donors (Lipinski definition) is 0. The first-order chi connectivity index (χ1) is 8.31. The molecule has 0 radical (unpaired) electrons. The highest BCUT2D eigenvalue weighted by molar-refractivity contribution is 9.10. The van der Waals surface area contributed by atoms with Crippen molar-refractivity contribution in [1.82, 2.24) is 0 Å². The molecule has 1 unspecified atom stereocenters. The second-order valence-electron chi connectivity index (χ2n) is 5.37. The molecule has 100 valence electrons. The first-order valence-corrected chi connectivity index (χ1v) is 8.20. The Morgan fingerprint density at radius 2 is 1.89 bits per heavy atom. The van der Waals surface area contributed by atoms with Crippen LogP contribution in [0, 0.1) is 5.41 Å². The van der Waals surface area contributed by atoms with Crippen molar-refractivity contribution in [2.45, 2.75) is 44.1 Å². The van der Waals surface area contributed by atoms with Crippen molar-refractivity contribution in [3.63, 3.8) is 0 Å². The van der Waals surface area contributed by atoms with Crippen LogP contribution < -0.4 is 0 Å². The van der Waals surface area contributed by atoms with E-state index in [9.17, 15) is 8.42 Å². The summed E-state index contributed by atoms with van der Waals surface area (Å²) in [6, 6.07) is 6.52. The van der Waals surface area contributed by atoms with Crippen LogP contribution in [0.5, 0.6) is 0 Å². The van der Waals surface area contributed by atoms with Gasteiger partial charge in [-0.2, -0.15) is 8.42 Å². The summed E-state index contributed by atoms with van der Waals surface area (Å²) in [5.74, 6) is 0. The van der Waals surface area contributed by atoms with Crippen LogP contribution in [-0.4, -0.2) is 14.5 Å². The lowest BCUT2D eigenvalue weighted by Crippen LogP contribution is -2.28. The molecule has 0 aromatic heterocycles. The molecule has 1 atom stereocenters. The van der Waals surface area contributed by atoms with Crippen molar-refractivity contribution in [2.24, 2.45) is 5.41 Å². The molecule has 0 spiro atoms. The molecule has 0 amide bonds. The lowest BCUT2D eigenvalue weighted by Gasteiger charge is -2.26. The Labute approximate surface area is 117 Å². The maximum Gasteiger partial charge on any atom is 0.297 e. The van der Waals surface area contributed by atoms with Gasteiger partial charge in [-0.15, -0.1) is 0 Å². The molecule has 1 aromatic rings. The van der Waals surface area contributed by atoms with Gasteiger partial charge in [-0.1, -0.05) is 36.2 Å². The summed E-state index contributed by atoms with van der Waals surface area (Å²) in [6.07, 6.45) is 2.62. The maximum atomic E-state index is 12.1. The lowest BCUT2D eigenvalue weighted by molar-refractivity contribution is 0.110. The highest BCUT2D eigenvalue weighted by Gasteiger charge is 2.38. The van der Waals surface area contributed by atoms with Crippen molar-refractivity contribution in [1.29, 1.82) is 0 Å². The average Bonchev–Trinajstić information content (AvgIpc) is 2.58. The molecule has 0 saturated heterocycles. The summed E-state index contributed by atoms with van der Waals surface area (Å²) in [7, 11) is -3.65. The Hall–Kier alpha value is -0.390. The minimum absolute atomic E-state index is 0.0670. The summed E-state index contributed by atoms with van der Waals surface area (Å²) in [6.45, 7) is 4.11. The van der Waals surface area contributed by atoms with Gasteiger partial charge >= 0.3 is 0 Å². The molecule has 1 fully saturated rings. The van der Waals surface area contributed by atoms with Crippen LogP contribution in [0.2, 0.25) is 0 Å². The number of hydrogen-bond acceptors (Lipinski definition) is 3. The summed E-state index contributed by atoms with van der Waals surface area (Å²) < 4.78 is 30.5. The minimum atomic E-state index is -3.65. The second kappa shape index (κ2) is 4.94. The number of rotatable bonds is 3. The van der Waals surface area contributed by atoms with E-state index in [4.69, 9.17) is 4.18 Å². The molecule has 0 heterocycles. The first-order valence-electron chi connectivity index (χ1n) is 6.00. The topological polar surface area (TPSA) is 43.4 Å². The molecule has 1 aliphatic carbocycles. The SMILES string of the molecule is CC1(C)CCCC1OS(=O)(=O)c1ccc(Br)cc1. The Kier molecular flexibility index (Phi) is 3.85. The molecular weight excluding hydrogens is 316 g/mol. The third-order valence-electron chi connectivity index (χ3n) is 3.50. The van der Waals surface area contributed by atoms with E-state index in [1.54, 1.807) is 24.3 Å². The van der Waals surface area contributed by atoms with Crippen molar-refractivity contribution < 1.29 is 12.6 Å². The van der Waals surface area contributed by atoms with E-state index in [1.165, 1.54) is 0 Å². The monoisotopic (exact) mass is 332 g/mol. The quantitative estimate of drug-likeness (QED) is 0.792. The van der Waals surface area contributed by atoms with Gasteiger partial charge in [0.1, 0.15) is 0 Å². The lowest BCUT2D eigenvalue weighted by atomic mass is 9.90. The smallest absolute Gasteiger partial charge is 0.262 e. The van der Waals surface area contributed by atoms with Gasteiger partial charge < -0.3 is 0 Å². The summed E-state index contributed by atoms with van der Waals surface area (Å²) >= 11 is 3.28. The van der Waals surface area contributed by atoms with Crippen LogP contribution in [0.4, 0.5) is 0 Å². The second-order valence-corrected chi connectivity index (χ2v) is 7.86. The van der Waals surface area contributed by atoms with E-state index in [-0.39, 0.29) is 16.4 Å². The fourth-order valence-electron chi connectivity index (χ4n) is 2.28. The van der Waals surface area contributed by atoms with Crippen LogP contribution in [0.25, 0.3) is 0 Å². The number of benzene rings is 1. The third-order valence-corrected chi connectivity index (χ3v) is 5.37. The molecule has 1 aromatic carbocycles. The van der Waals surface area contributed by atoms with Gasteiger partial charge in [-0.3, -0.25) is 4.18 Å². The van der Waals surface area contributed by atoms with Crippen molar-refractivity contribution in [3.8, 4) is 0 Å². The summed E-state index contributed by atoms with van der Waals surface area (Å²) in [5, 5.41) is 0. The van der Waals surface area contributed by atoms with Gasteiger partial charge in [0.05, 0.1) is 11.0 Å². The summed E-state index contributed by atoms with van der Waals surface area (Å²) in [5.41, 5.74) is -0.0670. The van der Waals surface area contributed by atoms with Crippen LogP contribution >= 0.6 is 15.9 Å². The normalized spacial score (nSPS) is 23.2. The van der Waals surface area contributed by atoms with Crippen LogP contribution in [0.3, 0.4) is 0 Å². The number of halogens is 1. The molecule has 1 saturated carbocycles. The molecule has 3 nitrogen and oxygen atoms in total. The van der Waals surface area contributed by atoms with E-state index in [1.807, 2.05) is 0 Å². The average molecular weight is 333 g/mol. The van der Waals surface area contributed by atoms with E-state index in [2.05, 4.69) is 29.8 Å². The Balaban J connectivity index is 2.20. The van der Waals surface area contributed by atoms with Gasteiger partial charge in [-0.25, -0.2) is 0 Å². The highest BCUT2D eigenvalue weighted by Crippen LogP contribution is 2.40. The van der Waals surface area contributed by atoms with E-state index in [0.29, 0.717) is 0 Å². The molecule has 0 bridgehead atoms. The fourth-order valence-corrected chi connectivity index (χ4v) is 3.79. The molecule has 2 rings (SSSR count). The molecule has 1 aliphatic rings. The van der Waals surface area contributed by atoms with Crippen molar-refractivity contribution in [2.75, 3.05) is 0 Å². The highest BCUT2D eigenvalue weighted by atomic mass is 79.9. The van der Waals surface area contributed by atoms with Gasteiger partial charge in [0.2, 0.25) is 0 Å². The minimum Gasteiger partial charge on any atom is -0.262 e. The van der Waals surface area contributed by atoms with Crippen LogP contribution in [0.1, 0.15) is 33.1 Å². The molecular formula is C13H17BrO3S. The zero-order valence-electron chi connectivity index (χ0n) is 10.5. The zero-order chi connectivity index (χ0) is 13.4. The third kappa shape index (κ3) is 2.95. The van der Waals surface area contributed by atoms with Gasteiger partial charge in [-0.05, 0) is 42.5 Å². The van der Waals surface area contributed by atoms with Crippen LogP contribution in [-0.2, 0) is 14.3 Å². The van der Waals surface area contributed by atoms with Crippen molar-refractivity contribution in [3.05, 3.63) is 28.7 Å². The largest absolute Gasteiger partial charge is 0.297 e. The Morgan fingerprint density at radius 1 is 1.28 bits per heavy atom.